The molecule has 0 heterocycles. The van der Waals surface area contributed by atoms with E-state index in [9.17, 15) is 0 Å². The van der Waals surface area contributed by atoms with Gasteiger partial charge in [0.1, 0.15) is 6.10 Å². The van der Waals surface area contributed by atoms with Crippen molar-refractivity contribution in [3.63, 3.8) is 0 Å². The maximum atomic E-state index is 5.76. The maximum absolute atomic E-state index is 5.76. The van der Waals surface area contributed by atoms with Gasteiger partial charge in [0.25, 0.3) is 0 Å². The molecule has 0 N–H and O–H groups in total. The van der Waals surface area contributed by atoms with Crippen LogP contribution in [0.1, 0.15) is 11.7 Å². The normalized spacial score (nSPS) is 12.8. The lowest BCUT2D eigenvalue weighted by atomic mass is 10.1. The van der Waals surface area contributed by atoms with E-state index in [0.717, 1.165) is 10.6 Å². The third kappa shape index (κ3) is 2.99. The van der Waals surface area contributed by atoms with Crippen LogP contribution in [-0.4, -0.2) is 20.8 Å². The fraction of sp³-hybridized carbons (Fsp3) is 0.400. The van der Waals surface area contributed by atoms with Gasteiger partial charge < -0.3 is 9.47 Å². The molecule has 0 fully saturated rings. The molecule has 0 spiro atoms. The zero-order valence-corrected chi connectivity index (χ0v) is 8.54. The Labute approximate surface area is 83.4 Å². The summed E-state index contributed by atoms with van der Waals surface area (Å²) >= 11 is 5.76. The molecule has 0 radical (unpaired) electrons. The molecule has 1 aromatic rings. The van der Waals surface area contributed by atoms with E-state index in [1.165, 1.54) is 0 Å². The van der Waals surface area contributed by atoms with Crippen molar-refractivity contribution in [2.45, 2.75) is 6.10 Å². The van der Waals surface area contributed by atoms with Crippen molar-refractivity contribution in [2.75, 3.05) is 20.8 Å². The summed E-state index contributed by atoms with van der Waals surface area (Å²) in [6.07, 6.45) is -0.0118. The van der Waals surface area contributed by atoms with Crippen LogP contribution >= 0.6 is 11.6 Å². The minimum atomic E-state index is -0.0118. The summed E-state index contributed by atoms with van der Waals surface area (Å²) < 4.78 is 10.3. The highest BCUT2D eigenvalue weighted by atomic mass is 35.5. The number of methoxy groups -OCH3 is 2. The van der Waals surface area contributed by atoms with Gasteiger partial charge in [0.05, 0.1) is 6.61 Å². The molecule has 2 nitrogen and oxygen atoms in total. The van der Waals surface area contributed by atoms with Crippen LogP contribution in [0, 0.1) is 0 Å². The van der Waals surface area contributed by atoms with E-state index in [1.54, 1.807) is 14.2 Å². The van der Waals surface area contributed by atoms with Crippen molar-refractivity contribution in [3.05, 3.63) is 34.9 Å². The van der Waals surface area contributed by atoms with Crippen molar-refractivity contribution >= 4 is 11.6 Å². The second-order valence-corrected chi connectivity index (χ2v) is 3.17. The monoisotopic (exact) mass is 200 g/mol. The van der Waals surface area contributed by atoms with E-state index in [4.69, 9.17) is 21.1 Å². The minimum absolute atomic E-state index is 0.0118. The summed E-state index contributed by atoms with van der Waals surface area (Å²) in [4.78, 5) is 0. The molecule has 0 amide bonds. The molecule has 0 aliphatic heterocycles. The number of hydrogen-bond donors (Lipinski definition) is 0. The standard InChI is InChI=1S/C10H13ClO2/c1-12-7-10(13-2)8-3-5-9(11)6-4-8/h3-6,10H,7H2,1-2H3. The molecule has 0 saturated heterocycles. The largest absolute Gasteiger partial charge is 0.382 e. The molecular weight excluding hydrogens is 188 g/mol. The Kier molecular flexibility index (Phi) is 4.22. The van der Waals surface area contributed by atoms with Crippen molar-refractivity contribution < 1.29 is 9.47 Å². The Morgan fingerprint density at radius 3 is 2.31 bits per heavy atom. The topological polar surface area (TPSA) is 18.5 Å². The van der Waals surface area contributed by atoms with Gasteiger partial charge in [-0.05, 0) is 17.7 Å². The van der Waals surface area contributed by atoms with Gasteiger partial charge in [0.2, 0.25) is 0 Å². The lowest BCUT2D eigenvalue weighted by molar-refractivity contribution is 0.0275. The molecule has 0 aliphatic rings. The summed E-state index contributed by atoms with van der Waals surface area (Å²) in [5.74, 6) is 0. The van der Waals surface area contributed by atoms with E-state index in [0.29, 0.717) is 6.61 Å². The predicted octanol–water partition coefficient (Wildman–Crippen LogP) is 2.67. The van der Waals surface area contributed by atoms with Crippen LogP contribution in [-0.2, 0) is 9.47 Å². The smallest absolute Gasteiger partial charge is 0.105 e. The minimum Gasteiger partial charge on any atom is -0.382 e. The SMILES string of the molecule is COCC(OC)c1ccc(Cl)cc1. The van der Waals surface area contributed by atoms with Crippen molar-refractivity contribution in [2.24, 2.45) is 0 Å². The van der Waals surface area contributed by atoms with Crippen molar-refractivity contribution in [3.8, 4) is 0 Å². The van der Waals surface area contributed by atoms with E-state index in [2.05, 4.69) is 0 Å². The highest BCUT2D eigenvalue weighted by Gasteiger charge is 2.08. The van der Waals surface area contributed by atoms with Crippen LogP contribution in [0.25, 0.3) is 0 Å². The van der Waals surface area contributed by atoms with Crippen LogP contribution < -0.4 is 0 Å². The second kappa shape index (κ2) is 5.22. The summed E-state index contributed by atoms with van der Waals surface area (Å²) in [7, 11) is 3.32. The number of hydrogen-bond acceptors (Lipinski definition) is 2. The molecule has 1 aromatic carbocycles. The number of halogens is 1. The van der Waals surface area contributed by atoms with E-state index in [1.807, 2.05) is 24.3 Å². The summed E-state index contributed by atoms with van der Waals surface area (Å²) in [5, 5.41) is 0.732. The van der Waals surface area contributed by atoms with Crippen molar-refractivity contribution in [1.29, 1.82) is 0 Å². The molecular formula is C10H13ClO2. The molecule has 1 rings (SSSR count). The molecule has 0 saturated carbocycles. The predicted molar refractivity (Wildman–Crippen MR) is 53.1 cm³/mol. The fourth-order valence-electron chi connectivity index (χ4n) is 1.13. The molecule has 72 valence electrons. The van der Waals surface area contributed by atoms with Gasteiger partial charge in [0.15, 0.2) is 0 Å². The van der Waals surface area contributed by atoms with Crippen LogP contribution in [0.4, 0.5) is 0 Å². The quantitative estimate of drug-likeness (QED) is 0.744. The van der Waals surface area contributed by atoms with Gasteiger partial charge in [-0.25, -0.2) is 0 Å². The second-order valence-electron chi connectivity index (χ2n) is 2.73. The Morgan fingerprint density at radius 1 is 1.23 bits per heavy atom. The Balaban J connectivity index is 2.73. The zero-order valence-electron chi connectivity index (χ0n) is 7.79. The van der Waals surface area contributed by atoms with Gasteiger partial charge in [-0.3, -0.25) is 0 Å². The van der Waals surface area contributed by atoms with Gasteiger partial charge in [-0.1, -0.05) is 23.7 Å². The Morgan fingerprint density at radius 2 is 1.85 bits per heavy atom. The lowest BCUT2D eigenvalue weighted by Gasteiger charge is -2.14. The summed E-state index contributed by atoms with van der Waals surface area (Å²) in [6, 6.07) is 7.57. The fourth-order valence-corrected chi connectivity index (χ4v) is 1.26. The summed E-state index contributed by atoms with van der Waals surface area (Å²) in [5.41, 5.74) is 1.08. The molecule has 0 bridgehead atoms. The molecule has 1 unspecified atom stereocenters. The molecule has 13 heavy (non-hydrogen) atoms. The maximum Gasteiger partial charge on any atom is 0.105 e. The van der Waals surface area contributed by atoms with Crippen LogP contribution in [0.5, 0.6) is 0 Å². The highest BCUT2D eigenvalue weighted by Crippen LogP contribution is 2.19. The Bertz CT molecular complexity index is 246. The average Bonchev–Trinajstić information content (AvgIpc) is 2.16. The molecule has 0 aromatic heterocycles. The number of rotatable bonds is 4. The average molecular weight is 201 g/mol. The first-order valence-corrected chi connectivity index (χ1v) is 4.43. The first-order valence-electron chi connectivity index (χ1n) is 4.05. The van der Waals surface area contributed by atoms with Gasteiger partial charge in [-0.15, -0.1) is 0 Å². The number of benzene rings is 1. The highest BCUT2D eigenvalue weighted by molar-refractivity contribution is 6.30. The first kappa shape index (κ1) is 10.5. The van der Waals surface area contributed by atoms with E-state index in [-0.39, 0.29) is 6.10 Å². The van der Waals surface area contributed by atoms with E-state index < -0.39 is 0 Å². The number of ether oxygens (including phenoxy) is 2. The van der Waals surface area contributed by atoms with E-state index >= 15 is 0 Å². The molecule has 1 atom stereocenters. The van der Waals surface area contributed by atoms with Crippen LogP contribution in [0.3, 0.4) is 0 Å². The third-order valence-electron chi connectivity index (χ3n) is 1.84. The molecule has 3 heteroatoms. The lowest BCUT2D eigenvalue weighted by Crippen LogP contribution is -2.07. The van der Waals surface area contributed by atoms with Gasteiger partial charge >= 0.3 is 0 Å². The summed E-state index contributed by atoms with van der Waals surface area (Å²) in [6.45, 7) is 0.554. The zero-order chi connectivity index (χ0) is 9.68. The third-order valence-corrected chi connectivity index (χ3v) is 2.10. The molecule has 0 aliphatic carbocycles. The van der Waals surface area contributed by atoms with Gasteiger partial charge in [0, 0.05) is 19.2 Å². The van der Waals surface area contributed by atoms with Crippen LogP contribution in [0.15, 0.2) is 24.3 Å². The first-order chi connectivity index (χ1) is 6.27. The van der Waals surface area contributed by atoms with Crippen molar-refractivity contribution in [1.82, 2.24) is 0 Å². The Hall–Kier alpha value is -0.570. The van der Waals surface area contributed by atoms with Crippen LogP contribution in [0.2, 0.25) is 5.02 Å². The van der Waals surface area contributed by atoms with Gasteiger partial charge in [-0.2, -0.15) is 0 Å².